The number of pyridine rings is 1. The Hall–Kier alpha value is -2.14. The van der Waals surface area contributed by atoms with E-state index in [2.05, 4.69) is 4.98 Å². The number of ether oxygens (including phenoxy) is 1. The first-order valence-electron chi connectivity index (χ1n) is 6.60. The summed E-state index contributed by atoms with van der Waals surface area (Å²) >= 11 is 0. The minimum absolute atomic E-state index is 0.161. The highest BCUT2D eigenvalue weighted by atomic mass is 16.5. The predicted molar refractivity (Wildman–Crippen MR) is 74.8 cm³/mol. The van der Waals surface area contributed by atoms with E-state index >= 15 is 0 Å². The lowest BCUT2D eigenvalue weighted by atomic mass is 10.1. The van der Waals surface area contributed by atoms with Crippen molar-refractivity contribution >= 4 is 16.7 Å². The SMILES string of the molecule is COc1nc(C(=O)N2CC[C@H](O)C2)cc2ccccc12. The normalized spacial score (nSPS) is 18.5. The Kier molecular flexibility index (Phi) is 3.28. The minimum Gasteiger partial charge on any atom is -0.481 e. The smallest absolute Gasteiger partial charge is 0.272 e. The van der Waals surface area contributed by atoms with Crippen LogP contribution in [0.5, 0.6) is 5.88 Å². The molecule has 1 fully saturated rings. The van der Waals surface area contributed by atoms with Gasteiger partial charge in [0.2, 0.25) is 5.88 Å². The number of fused-ring (bicyclic) bond motifs is 1. The van der Waals surface area contributed by atoms with Gasteiger partial charge >= 0.3 is 0 Å². The first-order valence-corrected chi connectivity index (χ1v) is 6.60. The van der Waals surface area contributed by atoms with Gasteiger partial charge < -0.3 is 14.7 Å². The molecule has 104 valence electrons. The van der Waals surface area contributed by atoms with Crippen molar-refractivity contribution in [3.05, 3.63) is 36.0 Å². The van der Waals surface area contributed by atoms with Crippen LogP contribution in [0.15, 0.2) is 30.3 Å². The number of nitrogens with zero attached hydrogens (tertiary/aromatic N) is 2. The van der Waals surface area contributed by atoms with Crippen LogP contribution in [0.4, 0.5) is 0 Å². The largest absolute Gasteiger partial charge is 0.481 e. The fourth-order valence-corrected chi connectivity index (χ4v) is 2.52. The maximum Gasteiger partial charge on any atom is 0.272 e. The van der Waals surface area contributed by atoms with Gasteiger partial charge in [-0.05, 0) is 23.9 Å². The summed E-state index contributed by atoms with van der Waals surface area (Å²) in [4.78, 5) is 18.3. The summed E-state index contributed by atoms with van der Waals surface area (Å²) in [6, 6.07) is 9.43. The molecular formula is C15H16N2O3. The predicted octanol–water partition coefficient (Wildman–Crippen LogP) is 1.45. The topological polar surface area (TPSA) is 62.7 Å². The third kappa shape index (κ3) is 2.20. The quantitative estimate of drug-likeness (QED) is 0.898. The molecule has 1 aliphatic rings. The number of methoxy groups -OCH3 is 1. The van der Waals surface area contributed by atoms with Crippen molar-refractivity contribution in [2.24, 2.45) is 0 Å². The molecule has 20 heavy (non-hydrogen) atoms. The van der Waals surface area contributed by atoms with E-state index < -0.39 is 6.10 Å². The van der Waals surface area contributed by atoms with Crippen LogP contribution in [0.2, 0.25) is 0 Å². The number of carbonyl (C=O) groups is 1. The Labute approximate surface area is 116 Å². The summed E-state index contributed by atoms with van der Waals surface area (Å²) < 4.78 is 5.27. The second-order valence-corrected chi connectivity index (χ2v) is 4.93. The van der Waals surface area contributed by atoms with Gasteiger partial charge in [-0.1, -0.05) is 18.2 Å². The molecule has 5 heteroatoms. The molecule has 2 aromatic rings. The lowest BCUT2D eigenvalue weighted by Crippen LogP contribution is -2.30. The molecule has 1 aromatic heterocycles. The van der Waals surface area contributed by atoms with Gasteiger partial charge in [-0.3, -0.25) is 4.79 Å². The zero-order chi connectivity index (χ0) is 14.1. The van der Waals surface area contributed by atoms with Gasteiger partial charge in [0.05, 0.1) is 13.2 Å². The van der Waals surface area contributed by atoms with Crippen molar-refractivity contribution in [3.8, 4) is 5.88 Å². The van der Waals surface area contributed by atoms with Crippen molar-refractivity contribution < 1.29 is 14.6 Å². The first-order chi connectivity index (χ1) is 9.69. The van der Waals surface area contributed by atoms with Crippen LogP contribution in [0.25, 0.3) is 10.8 Å². The number of rotatable bonds is 2. The Morgan fingerprint density at radius 2 is 2.25 bits per heavy atom. The third-order valence-corrected chi connectivity index (χ3v) is 3.57. The van der Waals surface area contributed by atoms with E-state index in [9.17, 15) is 9.90 Å². The Morgan fingerprint density at radius 3 is 2.95 bits per heavy atom. The van der Waals surface area contributed by atoms with Crippen LogP contribution in [0.1, 0.15) is 16.9 Å². The number of amides is 1. The number of carbonyl (C=O) groups excluding carboxylic acids is 1. The summed E-state index contributed by atoms with van der Waals surface area (Å²) in [6.07, 6.45) is 0.192. The van der Waals surface area contributed by atoms with Crippen molar-refractivity contribution in [3.63, 3.8) is 0 Å². The average molecular weight is 272 g/mol. The Bertz CT molecular complexity index is 657. The van der Waals surface area contributed by atoms with Gasteiger partial charge in [-0.15, -0.1) is 0 Å². The van der Waals surface area contributed by atoms with Gasteiger partial charge in [0.15, 0.2) is 0 Å². The van der Waals surface area contributed by atoms with E-state index in [1.807, 2.05) is 24.3 Å². The van der Waals surface area contributed by atoms with E-state index in [0.717, 1.165) is 10.8 Å². The van der Waals surface area contributed by atoms with Gasteiger partial charge in [0, 0.05) is 18.5 Å². The molecule has 1 atom stereocenters. The summed E-state index contributed by atoms with van der Waals surface area (Å²) in [5.41, 5.74) is 0.356. The van der Waals surface area contributed by atoms with E-state index in [4.69, 9.17) is 4.74 Å². The Balaban J connectivity index is 2.01. The minimum atomic E-state index is -0.429. The third-order valence-electron chi connectivity index (χ3n) is 3.57. The fraction of sp³-hybridized carbons (Fsp3) is 0.333. The van der Waals surface area contributed by atoms with E-state index in [1.165, 1.54) is 0 Å². The lowest BCUT2D eigenvalue weighted by molar-refractivity contribution is 0.0758. The number of aliphatic hydroxyl groups is 1. The van der Waals surface area contributed by atoms with Crippen LogP contribution in [0.3, 0.4) is 0 Å². The van der Waals surface area contributed by atoms with Crippen LogP contribution in [-0.4, -0.2) is 47.2 Å². The van der Waals surface area contributed by atoms with Crippen LogP contribution in [0, 0.1) is 0 Å². The highest BCUT2D eigenvalue weighted by molar-refractivity contribution is 5.98. The molecular weight excluding hydrogens is 256 g/mol. The molecule has 1 aromatic carbocycles. The van der Waals surface area contributed by atoms with Crippen molar-refractivity contribution in [1.29, 1.82) is 0 Å². The molecule has 1 N–H and O–H groups in total. The monoisotopic (exact) mass is 272 g/mol. The number of hydrogen-bond acceptors (Lipinski definition) is 4. The van der Waals surface area contributed by atoms with Crippen LogP contribution >= 0.6 is 0 Å². The maximum absolute atomic E-state index is 12.4. The molecule has 1 aliphatic heterocycles. The summed E-state index contributed by atoms with van der Waals surface area (Å²) in [7, 11) is 1.54. The van der Waals surface area contributed by atoms with Crippen molar-refractivity contribution in [2.75, 3.05) is 20.2 Å². The molecule has 1 amide bonds. The van der Waals surface area contributed by atoms with Crippen LogP contribution in [-0.2, 0) is 0 Å². The van der Waals surface area contributed by atoms with E-state index in [0.29, 0.717) is 31.1 Å². The van der Waals surface area contributed by atoms with Crippen LogP contribution < -0.4 is 4.74 Å². The number of β-amino-alcohol motifs (C(OH)–C–C–N with tert-alkyl or cyclic N) is 1. The highest BCUT2D eigenvalue weighted by Gasteiger charge is 2.26. The van der Waals surface area contributed by atoms with Gasteiger partial charge in [0.25, 0.3) is 5.91 Å². The second-order valence-electron chi connectivity index (χ2n) is 4.93. The zero-order valence-electron chi connectivity index (χ0n) is 11.2. The average Bonchev–Trinajstić information content (AvgIpc) is 2.91. The van der Waals surface area contributed by atoms with E-state index in [-0.39, 0.29) is 5.91 Å². The summed E-state index contributed by atoms with van der Waals surface area (Å²) in [5.74, 6) is 0.289. The van der Waals surface area contributed by atoms with Crippen molar-refractivity contribution in [1.82, 2.24) is 9.88 Å². The highest BCUT2D eigenvalue weighted by Crippen LogP contribution is 2.25. The summed E-state index contributed by atoms with van der Waals surface area (Å²) in [5, 5.41) is 11.3. The second kappa shape index (κ2) is 5.09. The molecule has 0 radical (unpaired) electrons. The Morgan fingerprint density at radius 1 is 1.45 bits per heavy atom. The molecule has 0 saturated carbocycles. The van der Waals surface area contributed by atoms with Gasteiger partial charge in [-0.2, -0.15) is 0 Å². The lowest BCUT2D eigenvalue weighted by Gasteiger charge is -2.16. The zero-order valence-corrected chi connectivity index (χ0v) is 11.2. The van der Waals surface area contributed by atoms with Gasteiger partial charge in [-0.25, -0.2) is 4.98 Å². The molecule has 0 spiro atoms. The van der Waals surface area contributed by atoms with Gasteiger partial charge in [0.1, 0.15) is 5.69 Å². The number of aliphatic hydroxyl groups excluding tert-OH is 1. The number of likely N-dealkylation sites (tertiary alicyclic amines) is 1. The molecule has 2 heterocycles. The molecule has 5 nitrogen and oxygen atoms in total. The standard InChI is InChI=1S/C15H16N2O3/c1-20-14-12-5-3-2-4-10(12)8-13(16-14)15(19)17-7-6-11(18)9-17/h2-5,8,11,18H,6-7,9H2,1H3/t11-/m0/s1. The number of benzene rings is 1. The number of hydrogen-bond donors (Lipinski definition) is 1. The molecule has 0 bridgehead atoms. The molecule has 3 rings (SSSR count). The summed E-state index contributed by atoms with van der Waals surface area (Å²) in [6.45, 7) is 0.937. The first kappa shape index (κ1) is 12.9. The molecule has 1 saturated heterocycles. The maximum atomic E-state index is 12.4. The fourth-order valence-electron chi connectivity index (χ4n) is 2.52. The van der Waals surface area contributed by atoms with E-state index in [1.54, 1.807) is 18.1 Å². The molecule has 0 unspecified atom stereocenters. The molecule has 0 aliphatic carbocycles. The number of aromatic nitrogens is 1. The van der Waals surface area contributed by atoms with Crippen molar-refractivity contribution in [2.45, 2.75) is 12.5 Å².